The molecule has 1 fully saturated rings. The highest BCUT2D eigenvalue weighted by Gasteiger charge is 2.24. The summed E-state index contributed by atoms with van der Waals surface area (Å²) in [6, 6.07) is 7.36. The molecule has 0 unspecified atom stereocenters. The Labute approximate surface area is 142 Å². The average molecular weight is 351 g/mol. The summed E-state index contributed by atoms with van der Waals surface area (Å²) in [4.78, 5) is 25.7. The minimum atomic E-state index is -0.868. The summed E-state index contributed by atoms with van der Waals surface area (Å²) in [5, 5.41) is 2.73. The molecule has 0 spiro atoms. The van der Waals surface area contributed by atoms with Gasteiger partial charge in [-0.1, -0.05) is 11.6 Å². The van der Waals surface area contributed by atoms with Crippen molar-refractivity contribution in [1.82, 2.24) is 0 Å². The minimum Gasteiger partial charge on any atom is -0.319 e. The van der Waals surface area contributed by atoms with E-state index in [1.54, 1.807) is 0 Å². The van der Waals surface area contributed by atoms with Crippen LogP contribution in [0.1, 0.15) is 23.2 Å². The first-order chi connectivity index (χ1) is 11.5. The van der Waals surface area contributed by atoms with Crippen LogP contribution in [0.25, 0.3) is 0 Å². The van der Waals surface area contributed by atoms with Gasteiger partial charge in [-0.3, -0.25) is 9.59 Å². The van der Waals surface area contributed by atoms with Gasteiger partial charge < -0.3 is 10.2 Å². The van der Waals surface area contributed by atoms with Crippen LogP contribution in [0.4, 0.5) is 20.2 Å². The highest BCUT2D eigenvalue weighted by atomic mass is 35.5. The van der Waals surface area contributed by atoms with Crippen LogP contribution in [0.3, 0.4) is 0 Å². The number of hydrogen-bond acceptors (Lipinski definition) is 2. The molecule has 1 aliphatic heterocycles. The Kier molecular flexibility index (Phi) is 4.49. The van der Waals surface area contributed by atoms with Crippen LogP contribution in [0.2, 0.25) is 5.02 Å². The van der Waals surface area contributed by atoms with Crippen LogP contribution in [0.5, 0.6) is 0 Å². The average Bonchev–Trinajstić information content (AvgIpc) is 2.96. The summed E-state index contributed by atoms with van der Waals surface area (Å²) < 4.78 is 26.5. The van der Waals surface area contributed by atoms with E-state index in [4.69, 9.17) is 11.6 Å². The smallest absolute Gasteiger partial charge is 0.255 e. The van der Waals surface area contributed by atoms with Gasteiger partial charge in [-0.05, 0) is 36.8 Å². The fourth-order valence-corrected chi connectivity index (χ4v) is 2.77. The molecule has 0 saturated carbocycles. The van der Waals surface area contributed by atoms with E-state index in [9.17, 15) is 18.4 Å². The molecule has 0 atom stereocenters. The van der Waals surface area contributed by atoms with Crippen molar-refractivity contribution in [2.75, 3.05) is 16.8 Å². The zero-order valence-electron chi connectivity index (χ0n) is 12.5. The Hall–Kier alpha value is -2.47. The van der Waals surface area contributed by atoms with Gasteiger partial charge in [0, 0.05) is 24.6 Å². The van der Waals surface area contributed by atoms with Crippen molar-refractivity contribution >= 4 is 34.8 Å². The molecule has 124 valence electrons. The fraction of sp³-hybridized carbons (Fsp3) is 0.176. The maximum absolute atomic E-state index is 13.6. The topological polar surface area (TPSA) is 49.4 Å². The van der Waals surface area contributed by atoms with Crippen molar-refractivity contribution in [2.45, 2.75) is 12.8 Å². The molecule has 3 rings (SSSR count). The van der Waals surface area contributed by atoms with E-state index in [0.717, 1.165) is 18.6 Å². The molecule has 1 N–H and O–H groups in total. The summed E-state index contributed by atoms with van der Waals surface area (Å²) in [6.45, 7) is 0.538. The number of hydrogen-bond donors (Lipinski definition) is 1. The lowest BCUT2D eigenvalue weighted by Gasteiger charge is -2.18. The molecule has 24 heavy (non-hydrogen) atoms. The van der Waals surface area contributed by atoms with Crippen molar-refractivity contribution < 1.29 is 18.4 Å². The van der Waals surface area contributed by atoms with Gasteiger partial charge in [-0.2, -0.15) is 0 Å². The zero-order valence-corrected chi connectivity index (χ0v) is 13.2. The van der Waals surface area contributed by atoms with Crippen LogP contribution < -0.4 is 10.2 Å². The Morgan fingerprint density at radius 1 is 1.17 bits per heavy atom. The summed E-state index contributed by atoms with van der Waals surface area (Å²) in [5.74, 6) is -2.23. The van der Waals surface area contributed by atoms with Gasteiger partial charge >= 0.3 is 0 Å². The monoisotopic (exact) mass is 350 g/mol. The first-order valence-corrected chi connectivity index (χ1v) is 7.70. The Balaban J connectivity index is 1.86. The summed E-state index contributed by atoms with van der Waals surface area (Å²) in [6.07, 6.45) is 1.17. The Morgan fingerprint density at radius 2 is 1.96 bits per heavy atom. The molecular weight excluding hydrogens is 338 g/mol. The second-order valence-corrected chi connectivity index (χ2v) is 5.80. The van der Waals surface area contributed by atoms with E-state index in [1.165, 1.54) is 23.1 Å². The number of carbonyl (C=O) groups is 2. The number of halogens is 3. The predicted molar refractivity (Wildman–Crippen MR) is 87.4 cm³/mol. The van der Waals surface area contributed by atoms with Gasteiger partial charge in [0.2, 0.25) is 5.91 Å². The van der Waals surface area contributed by atoms with Crippen LogP contribution >= 0.6 is 11.6 Å². The maximum atomic E-state index is 13.6. The molecular formula is C17H13ClF2N2O2. The highest BCUT2D eigenvalue weighted by Crippen LogP contribution is 2.30. The molecule has 1 saturated heterocycles. The number of rotatable bonds is 3. The molecule has 0 aromatic heterocycles. The maximum Gasteiger partial charge on any atom is 0.255 e. The lowest BCUT2D eigenvalue weighted by Crippen LogP contribution is -2.24. The van der Waals surface area contributed by atoms with E-state index in [2.05, 4.69) is 5.32 Å². The third-order valence-corrected chi connectivity index (χ3v) is 4.07. The van der Waals surface area contributed by atoms with Gasteiger partial charge in [0.25, 0.3) is 5.91 Å². The lowest BCUT2D eigenvalue weighted by atomic mass is 10.1. The van der Waals surface area contributed by atoms with Crippen LogP contribution in [0.15, 0.2) is 36.4 Å². The number of benzene rings is 2. The third-order valence-electron chi connectivity index (χ3n) is 3.75. The third kappa shape index (κ3) is 3.23. The number of anilines is 2. The molecule has 7 heteroatoms. The van der Waals surface area contributed by atoms with Gasteiger partial charge in [0.1, 0.15) is 11.6 Å². The molecule has 2 aromatic carbocycles. The quantitative estimate of drug-likeness (QED) is 0.909. The van der Waals surface area contributed by atoms with Crippen LogP contribution in [-0.4, -0.2) is 18.4 Å². The summed E-state index contributed by atoms with van der Waals surface area (Å²) in [5.41, 5.74) is 0.541. The number of nitrogens with one attached hydrogen (secondary N) is 1. The molecule has 0 radical (unpaired) electrons. The predicted octanol–water partition coefficient (Wildman–Crippen LogP) is 4.00. The van der Waals surface area contributed by atoms with E-state index in [0.29, 0.717) is 29.7 Å². The van der Waals surface area contributed by atoms with Gasteiger partial charge in [-0.15, -0.1) is 0 Å². The van der Waals surface area contributed by atoms with E-state index in [1.807, 2.05) is 0 Å². The lowest BCUT2D eigenvalue weighted by molar-refractivity contribution is -0.117. The highest BCUT2D eigenvalue weighted by molar-refractivity contribution is 6.34. The molecule has 4 nitrogen and oxygen atoms in total. The molecule has 1 aliphatic rings. The van der Waals surface area contributed by atoms with Crippen LogP contribution in [-0.2, 0) is 4.79 Å². The number of carbonyl (C=O) groups excluding carboxylic acids is 2. The molecule has 2 amide bonds. The Morgan fingerprint density at radius 3 is 2.62 bits per heavy atom. The fourth-order valence-electron chi connectivity index (χ4n) is 2.55. The second kappa shape index (κ2) is 6.57. The zero-order chi connectivity index (χ0) is 17.3. The van der Waals surface area contributed by atoms with Crippen molar-refractivity contribution in [1.29, 1.82) is 0 Å². The molecule has 0 bridgehead atoms. The first kappa shape index (κ1) is 16.4. The van der Waals surface area contributed by atoms with E-state index >= 15 is 0 Å². The van der Waals surface area contributed by atoms with E-state index in [-0.39, 0.29) is 17.2 Å². The van der Waals surface area contributed by atoms with Crippen molar-refractivity contribution in [3.05, 3.63) is 58.6 Å². The second-order valence-electron chi connectivity index (χ2n) is 5.39. The van der Waals surface area contributed by atoms with Gasteiger partial charge in [0.05, 0.1) is 16.4 Å². The molecule has 1 heterocycles. The van der Waals surface area contributed by atoms with Gasteiger partial charge in [-0.25, -0.2) is 8.78 Å². The standard InChI is InChI=1S/C17H13ClF2N2O2/c18-12-5-3-10(8-15(12)22-7-1-2-16(22)23)17(24)21-14-6-4-11(19)9-13(14)20/h3-6,8-9H,1-2,7H2,(H,21,24). The largest absolute Gasteiger partial charge is 0.319 e. The van der Waals surface area contributed by atoms with Crippen LogP contribution in [0, 0.1) is 11.6 Å². The molecule has 0 aliphatic carbocycles. The summed E-state index contributed by atoms with van der Waals surface area (Å²) in [7, 11) is 0. The Bertz CT molecular complexity index is 826. The molecule has 2 aromatic rings. The minimum absolute atomic E-state index is 0.0564. The van der Waals surface area contributed by atoms with Crippen molar-refractivity contribution in [2.24, 2.45) is 0 Å². The normalized spacial score (nSPS) is 14.1. The number of nitrogens with zero attached hydrogens (tertiary/aromatic N) is 1. The van der Waals surface area contributed by atoms with Crippen molar-refractivity contribution in [3.8, 4) is 0 Å². The first-order valence-electron chi connectivity index (χ1n) is 7.32. The summed E-state index contributed by atoms with van der Waals surface area (Å²) >= 11 is 6.12. The van der Waals surface area contributed by atoms with Gasteiger partial charge in [0.15, 0.2) is 0 Å². The number of amides is 2. The van der Waals surface area contributed by atoms with Crippen molar-refractivity contribution in [3.63, 3.8) is 0 Å². The van der Waals surface area contributed by atoms with E-state index < -0.39 is 17.5 Å². The SMILES string of the molecule is O=C(Nc1ccc(F)cc1F)c1ccc(Cl)c(N2CCCC2=O)c1.